The van der Waals surface area contributed by atoms with Gasteiger partial charge in [0.15, 0.2) is 0 Å². The zero-order chi connectivity index (χ0) is 17.7. The summed E-state index contributed by atoms with van der Waals surface area (Å²) in [6.07, 6.45) is 1.21. The highest BCUT2D eigenvalue weighted by molar-refractivity contribution is 6.06. The Bertz CT molecular complexity index is 689. The summed E-state index contributed by atoms with van der Waals surface area (Å²) in [4.78, 5) is 39.2. The second-order valence-corrected chi connectivity index (χ2v) is 8.43. The van der Waals surface area contributed by atoms with Gasteiger partial charge in [-0.1, -0.05) is 51.1 Å². The number of rotatable bonds is 4. The summed E-state index contributed by atoms with van der Waals surface area (Å²) >= 11 is 0. The molecule has 0 spiro atoms. The van der Waals surface area contributed by atoms with Gasteiger partial charge in [0.1, 0.15) is 5.78 Å². The molecule has 4 heteroatoms. The molecule has 1 saturated carbocycles. The number of carbonyl (C=O) groups excluding carboxylic acids is 3. The summed E-state index contributed by atoms with van der Waals surface area (Å²) < 4.78 is 0. The number of likely N-dealkylation sites (tertiary alicyclic amines) is 1. The molecule has 3 atom stereocenters. The summed E-state index contributed by atoms with van der Waals surface area (Å²) in [6.45, 7) is 7.83. The number of carbonyl (C=O) groups is 3. The summed E-state index contributed by atoms with van der Waals surface area (Å²) in [5.41, 5.74) is 0.111. The topological polar surface area (TPSA) is 54.5 Å². The molecule has 1 aliphatic carbocycles. The van der Waals surface area contributed by atoms with Gasteiger partial charge in [-0.2, -0.15) is 0 Å². The zero-order valence-electron chi connectivity index (χ0n) is 14.8. The molecule has 0 N–H and O–H groups in total. The number of ketones is 1. The van der Waals surface area contributed by atoms with Crippen molar-refractivity contribution < 1.29 is 14.4 Å². The van der Waals surface area contributed by atoms with Crippen molar-refractivity contribution in [2.75, 3.05) is 0 Å². The monoisotopic (exact) mass is 327 g/mol. The van der Waals surface area contributed by atoms with E-state index in [0.717, 1.165) is 5.56 Å². The smallest absolute Gasteiger partial charge is 0.233 e. The number of Topliss-reactive ketones (excluding diaryl/α,β-unsaturated/α-hetero) is 1. The molecule has 1 aliphatic heterocycles. The van der Waals surface area contributed by atoms with Gasteiger partial charge in [0.25, 0.3) is 0 Å². The van der Waals surface area contributed by atoms with Gasteiger partial charge in [-0.25, -0.2) is 0 Å². The Balaban J connectivity index is 1.73. The van der Waals surface area contributed by atoms with E-state index in [-0.39, 0.29) is 41.3 Å². The lowest BCUT2D eigenvalue weighted by molar-refractivity contribution is -0.144. The van der Waals surface area contributed by atoms with Crippen molar-refractivity contribution in [1.29, 1.82) is 0 Å². The van der Waals surface area contributed by atoms with E-state index in [1.807, 2.05) is 58.0 Å². The molecule has 24 heavy (non-hydrogen) atoms. The first-order valence-corrected chi connectivity index (χ1v) is 8.58. The van der Waals surface area contributed by atoms with Crippen molar-refractivity contribution in [1.82, 2.24) is 4.90 Å². The normalized spacial score (nSPS) is 29.9. The first kappa shape index (κ1) is 16.9. The lowest BCUT2D eigenvalue weighted by atomic mass is 9.80. The molecule has 2 amide bonds. The number of amides is 2. The number of nitrogens with zero attached hydrogens (tertiary/aromatic N) is 1. The first-order chi connectivity index (χ1) is 11.1. The molecule has 2 fully saturated rings. The predicted octanol–water partition coefficient (Wildman–Crippen LogP) is 3.00. The second kappa shape index (κ2) is 5.54. The third kappa shape index (κ3) is 2.79. The molecule has 1 aromatic rings. The van der Waals surface area contributed by atoms with Gasteiger partial charge in [0.05, 0.1) is 11.5 Å². The van der Waals surface area contributed by atoms with Gasteiger partial charge < -0.3 is 0 Å². The van der Waals surface area contributed by atoms with Crippen molar-refractivity contribution in [3.05, 3.63) is 35.9 Å². The maximum Gasteiger partial charge on any atom is 0.233 e. The molecular formula is C20H25NO3. The summed E-state index contributed by atoms with van der Waals surface area (Å²) in [5, 5.41) is 0. The van der Waals surface area contributed by atoms with Gasteiger partial charge in [-0.05, 0) is 24.3 Å². The van der Waals surface area contributed by atoms with E-state index in [9.17, 15) is 14.4 Å². The minimum atomic E-state index is -0.625. The number of hydrogen-bond acceptors (Lipinski definition) is 3. The van der Waals surface area contributed by atoms with Gasteiger partial charge in [-0.3, -0.25) is 19.3 Å². The minimum Gasteiger partial charge on any atom is -0.299 e. The Morgan fingerprint density at radius 1 is 1.21 bits per heavy atom. The number of hydrogen-bond donors (Lipinski definition) is 0. The van der Waals surface area contributed by atoms with Crippen LogP contribution in [0.15, 0.2) is 30.3 Å². The van der Waals surface area contributed by atoms with Crippen molar-refractivity contribution >= 4 is 17.6 Å². The van der Waals surface area contributed by atoms with Crippen LogP contribution in [0.3, 0.4) is 0 Å². The van der Waals surface area contributed by atoms with Crippen molar-refractivity contribution in [3.8, 4) is 0 Å². The van der Waals surface area contributed by atoms with Crippen LogP contribution in [-0.2, 0) is 20.8 Å². The number of benzene rings is 1. The lowest BCUT2D eigenvalue weighted by Gasteiger charge is -2.28. The Morgan fingerprint density at radius 2 is 1.83 bits per heavy atom. The Hall–Kier alpha value is -1.97. The van der Waals surface area contributed by atoms with Gasteiger partial charge in [-0.15, -0.1) is 0 Å². The third-order valence-electron chi connectivity index (χ3n) is 5.52. The number of imide groups is 1. The molecule has 3 rings (SSSR count). The van der Waals surface area contributed by atoms with E-state index in [0.29, 0.717) is 12.8 Å². The molecule has 0 radical (unpaired) electrons. The zero-order valence-corrected chi connectivity index (χ0v) is 14.8. The molecule has 1 heterocycles. The fourth-order valence-electron chi connectivity index (χ4n) is 3.83. The van der Waals surface area contributed by atoms with Crippen LogP contribution in [0.5, 0.6) is 0 Å². The van der Waals surface area contributed by atoms with E-state index in [1.54, 1.807) is 0 Å². The van der Waals surface area contributed by atoms with E-state index >= 15 is 0 Å². The quantitative estimate of drug-likeness (QED) is 0.799. The summed E-state index contributed by atoms with van der Waals surface area (Å²) in [5.74, 6) is -0.636. The highest BCUT2D eigenvalue weighted by atomic mass is 16.2. The maximum atomic E-state index is 12.8. The van der Waals surface area contributed by atoms with Crippen molar-refractivity contribution in [3.63, 3.8) is 0 Å². The van der Waals surface area contributed by atoms with E-state index in [2.05, 4.69) is 0 Å². The van der Waals surface area contributed by atoms with Crippen LogP contribution in [0.1, 0.15) is 46.1 Å². The fourth-order valence-corrected chi connectivity index (χ4v) is 3.83. The van der Waals surface area contributed by atoms with Crippen LogP contribution in [0.2, 0.25) is 0 Å². The van der Waals surface area contributed by atoms with E-state index in [1.165, 1.54) is 4.90 Å². The highest BCUT2D eigenvalue weighted by Gasteiger charge is 2.64. The highest BCUT2D eigenvalue weighted by Crippen LogP contribution is 2.53. The van der Waals surface area contributed by atoms with Crippen LogP contribution >= 0.6 is 0 Å². The third-order valence-corrected chi connectivity index (χ3v) is 5.52. The Labute approximate surface area is 143 Å². The van der Waals surface area contributed by atoms with Gasteiger partial charge in [0, 0.05) is 18.8 Å². The lowest BCUT2D eigenvalue weighted by Crippen LogP contribution is -2.44. The van der Waals surface area contributed by atoms with E-state index < -0.39 is 5.54 Å². The molecule has 2 aliphatic rings. The van der Waals surface area contributed by atoms with Crippen LogP contribution in [0.25, 0.3) is 0 Å². The summed E-state index contributed by atoms with van der Waals surface area (Å²) in [6, 6.07) is 9.61. The standard InChI is InChI=1S/C20H25NO3/c1-19(2,3)14-11-17(23)21(18(14)24)20(4)12-15(20)16(22)10-13-8-6-5-7-9-13/h5-9,14-15H,10-12H2,1-4H3. The molecule has 4 nitrogen and oxygen atoms in total. The van der Waals surface area contributed by atoms with Crippen LogP contribution in [0.4, 0.5) is 0 Å². The Kier molecular flexibility index (Phi) is 3.89. The largest absolute Gasteiger partial charge is 0.299 e. The van der Waals surface area contributed by atoms with Gasteiger partial charge >= 0.3 is 0 Å². The molecule has 1 saturated heterocycles. The molecule has 0 aromatic heterocycles. The van der Waals surface area contributed by atoms with Crippen LogP contribution in [0, 0.1) is 17.3 Å². The van der Waals surface area contributed by atoms with Crippen molar-refractivity contribution in [2.24, 2.45) is 17.3 Å². The Morgan fingerprint density at radius 3 is 2.38 bits per heavy atom. The average molecular weight is 327 g/mol. The SMILES string of the molecule is CC(C)(C)C1CC(=O)N(C2(C)CC2C(=O)Cc2ccccc2)C1=O. The molecule has 0 bridgehead atoms. The van der Waals surface area contributed by atoms with Crippen LogP contribution < -0.4 is 0 Å². The average Bonchev–Trinajstić information content (AvgIpc) is 3.06. The van der Waals surface area contributed by atoms with Crippen molar-refractivity contribution in [2.45, 2.75) is 52.5 Å². The minimum absolute atomic E-state index is 0.106. The second-order valence-electron chi connectivity index (χ2n) is 8.43. The maximum absolute atomic E-state index is 12.8. The first-order valence-electron chi connectivity index (χ1n) is 8.58. The predicted molar refractivity (Wildman–Crippen MR) is 91.1 cm³/mol. The molecule has 1 aromatic carbocycles. The van der Waals surface area contributed by atoms with E-state index in [4.69, 9.17) is 0 Å². The molecule has 128 valence electrons. The molecular weight excluding hydrogens is 302 g/mol. The summed E-state index contributed by atoms with van der Waals surface area (Å²) in [7, 11) is 0. The van der Waals surface area contributed by atoms with Gasteiger partial charge in [0.2, 0.25) is 11.8 Å². The molecule has 3 unspecified atom stereocenters. The fraction of sp³-hybridized carbons (Fsp3) is 0.550. The van der Waals surface area contributed by atoms with Crippen LogP contribution in [-0.4, -0.2) is 28.0 Å².